The minimum absolute atomic E-state index is 0.0113. The first kappa shape index (κ1) is 15.7. The number of hydrogen-bond donors (Lipinski definition) is 0. The standard InChI is InChI=1S/C18H17NO3S2/c20-17-16(9-12-4-2-1-3-5-12)24-18(23)19(17)10-13-6-7-14-15(8-13)22-11-21-14/h1-2,6-9,12H,3-5,10-11H2/b16-9-/t12-/m0/s1. The van der Waals surface area contributed by atoms with E-state index in [0.717, 1.165) is 41.2 Å². The van der Waals surface area contributed by atoms with Gasteiger partial charge in [0.1, 0.15) is 4.32 Å². The maximum absolute atomic E-state index is 12.7. The van der Waals surface area contributed by atoms with Crippen LogP contribution in [0.3, 0.4) is 0 Å². The fourth-order valence-electron chi connectivity index (χ4n) is 3.05. The van der Waals surface area contributed by atoms with E-state index >= 15 is 0 Å². The molecule has 4 nitrogen and oxygen atoms in total. The number of ether oxygens (including phenoxy) is 2. The molecule has 1 aromatic carbocycles. The Balaban J connectivity index is 1.49. The van der Waals surface area contributed by atoms with Crippen LogP contribution in [0.25, 0.3) is 0 Å². The predicted molar refractivity (Wildman–Crippen MR) is 97.9 cm³/mol. The Labute approximate surface area is 150 Å². The van der Waals surface area contributed by atoms with Crippen LogP contribution in [0.1, 0.15) is 24.8 Å². The van der Waals surface area contributed by atoms with Crippen molar-refractivity contribution in [1.82, 2.24) is 4.90 Å². The fourth-order valence-corrected chi connectivity index (χ4v) is 4.38. The third-order valence-corrected chi connectivity index (χ3v) is 5.74. The molecule has 1 atom stereocenters. The van der Waals surface area contributed by atoms with Crippen molar-refractivity contribution in [1.29, 1.82) is 0 Å². The summed E-state index contributed by atoms with van der Waals surface area (Å²) < 4.78 is 11.3. The summed E-state index contributed by atoms with van der Waals surface area (Å²) in [5.41, 5.74) is 0.984. The number of amides is 1. The van der Waals surface area contributed by atoms with Gasteiger partial charge in [0.25, 0.3) is 5.91 Å². The molecule has 6 heteroatoms. The summed E-state index contributed by atoms with van der Waals surface area (Å²) >= 11 is 6.83. The van der Waals surface area contributed by atoms with Gasteiger partial charge in [-0.25, -0.2) is 0 Å². The molecule has 1 saturated heterocycles. The molecule has 0 aromatic heterocycles. The van der Waals surface area contributed by atoms with Crippen LogP contribution in [0, 0.1) is 5.92 Å². The summed E-state index contributed by atoms with van der Waals surface area (Å²) in [4.78, 5) is 15.1. The second-order valence-corrected chi connectivity index (χ2v) is 7.70. The number of nitrogens with zero attached hydrogens (tertiary/aromatic N) is 1. The second kappa shape index (κ2) is 6.61. The Morgan fingerprint density at radius 3 is 3.00 bits per heavy atom. The SMILES string of the molecule is O=C1/C(=C/[C@H]2CC=CCC2)SC(=S)N1Cc1ccc2c(c1)OCO2. The van der Waals surface area contributed by atoms with Gasteiger partial charge in [-0.1, -0.05) is 48.3 Å². The van der Waals surface area contributed by atoms with Crippen molar-refractivity contribution >= 4 is 34.2 Å². The Morgan fingerprint density at radius 1 is 1.29 bits per heavy atom. The van der Waals surface area contributed by atoms with E-state index in [-0.39, 0.29) is 12.7 Å². The van der Waals surface area contributed by atoms with Gasteiger partial charge in [-0.05, 0) is 42.9 Å². The lowest BCUT2D eigenvalue weighted by Crippen LogP contribution is -2.27. The van der Waals surface area contributed by atoms with Gasteiger partial charge in [0, 0.05) is 0 Å². The molecule has 1 amide bonds. The van der Waals surface area contributed by atoms with Gasteiger partial charge in [0.15, 0.2) is 11.5 Å². The van der Waals surface area contributed by atoms with Crippen molar-refractivity contribution in [3.05, 3.63) is 46.9 Å². The highest BCUT2D eigenvalue weighted by molar-refractivity contribution is 8.26. The minimum Gasteiger partial charge on any atom is -0.454 e. The van der Waals surface area contributed by atoms with Crippen molar-refractivity contribution in [3.8, 4) is 11.5 Å². The number of hydrogen-bond acceptors (Lipinski definition) is 5. The summed E-state index contributed by atoms with van der Waals surface area (Å²) in [5, 5.41) is 0. The maximum Gasteiger partial charge on any atom is 0.266 e. The largest absolute Gasteiger partial charge is 0.454 e. The Hall–Kier alpha value is -1.79. The smallest absolute Gasteiger partial charge is 0.266 e. The summed E-state index contributed by atoms with van der Waals surface area (Å²) in [7, 11) is 0. The van der Waals surface area contributed by atoms with Crippen molar-refractivity contribution in [3.63, 3.8) is 0 Å². The fraction of sp³-hybridized carbons (Fsp3) is 0.333. The second-order valence-electron chi connectivity index (χ2n) is 6.02. The molecule has 3 aliphatic rings. The number of thioether (sulfide) groups is 1. The normalized spacial score (nSPS) is 24.2. The van der Waals surface area contributed by atoms with Crippen LogP contribution in [0.2, 0.25) is 0 Å². The van der Waals surface area contributed by atoms with Crippen LogP contribution >= 0.6 is 24.0 Å². The zero-order chi connectivity index (χ0) is 16.5. The Kier molecular flexibility index (Phi) is 4.33. The summed E-state index contributed by atoms with van der Waals surface area (Å²) in [6, 6.07) is 5.73. The van der Waals surface area contributed by atoms with Crippen molar-refractivity contribution < 1.29 is 14.3 Å². The highest BCUT2D eigenvalue weighted by Crippen LogP contribution is 2.37. The van der Waals surface area contributed by atoms with Crippen LogP contribution in [0.15, 0.2) is 41.3 Å². The summed E-state index contributed by atoms with van der Waals surface area (Å²) in [6.45, 7) is 0.710. The molecule has 0 radical (unpaired) electrons. The first-order chi connectivity index (χ1) is 11.7. The lowest BCUT2D eigenvalue weighted by Gasteiger charge is -2.15. The Morgan fingerprint density at radius 2 is 2.17 bits per heavy atom. The third kappa shape index (κ3) is 3.08. The lowest BCUT2D eigenvalue weighted by atomic mass is 9.94. The van der Waals surface area contributed by atoms with Crippen LogP contribution in [-0.2, 0) is 11.3 Å². The molecule has 0 unspecified atom stereocenters. The number of carbonyl (C=O) groups excluding carboxylic acids is 1. The summed E-state index contributed by atoms with van der Waals surface area (Å²) in [6.07, 6.45) is 9.68. The topological polar surface area (TPSA) is 38.8 Å². The van der Waals surface area contributed by atoms with Gasteiger partial charge in [-0.3, -0.25) is 9.69 Å². The highest BCUT2D eigenvalue weighted by Gasteiger charge is 2.32. The van der Waals surface area contributed by atoms with Gasteiger partial charge in [-0.2, -0.15) is 0 Å². The molecule has 2 heterocycles. The first-order valence-electron chi connectivity index (χ1n) is 8.00. The van der Waals surface area contributed by atoms with Crippen molar-refractivity contribution in [2.45, 2.75) is 25.8 Å². The zero-order valence-electron chi connectivity index (χ0n) is 13.1. The Bertz CT molecular complexity index is 757. The van der Waals surface area contributed by atoms with E-state index in [1.165, 1.54) is 11.8 Å². The molecule has 0 spiro atoms. The van der Waals surface area contributed by atoms with Crippen molar-refractivity contribution in [2.75, 3.05) is 6.79 Å². The molecular formula is C18H17NO3S2. The molecule has 1 aliphatic carbocycles. The third-order valence-electron chi connectivity index (χ3n) is 4.35. The van der Waals surface area contributed by atoms with E-state index in [1.807, 2.05) is 18.2 Å². The molecular weight excluding hydrogens is 342 g/mol. The first-order valence-corrected chi connectivity index (χ1v) is 9.22. The van der Waals surface area contributed by atoms with Gasteiger partial charge >= 0.3 is 0 Å². The minimum atomic E-state index is 0.0113. The van der Waals surface area contributed by atoms with Crippen LogP contribution < -0.4 is 9.47 Å². The van der Waals surface area contributed by atoms with Gasteiger partial charge < -0.3 is 9.47 Å². The summed E-state index contributed by atoms with van der Waals surface area (Å²) in [5.74, 6) is 1.92. The number of carbonyl (C=O) groups is 1. The molecule has 4 rings (SSSR count). The van der Waals surface area contributed by atoms with Gasteiger partial charge in [-0.15, -0.1) is 0 Å². The average Bonchev–Trinajstić information content (AvgIpc) is 3.16. The lowest BCUT2D eigenvalue weighted by molar-refractivity contribution is -0.122. The molecule has 0 N–H and O–H groups in total. The monoisotopic (exact) mass is 359 g/mol. The molecule has 124 valence electrons. The van der Waals surface area contributed by atoms with Gasteiger partial charge in [0.2, 0.25) is 6.79 Å². The number of benzene rings is 1. The molecule has 24 heavy (non-hydrogen) atoms. The average molecular weight is 359 g/mol. The molecule has 1 fully saturated rings. The number of fused-ring (bicyclic) bond motifs is 1. The van der Waals surface area contributed by atoms with E-state index in [0.29, 0.717) is 16.8 Å². The molecule has 2 aliphatic heterocycles. The van der Waals surface area contributed by atoms with Gasteiger partial charge in [0.05, 0.1) is 11.4 Å². The van der Waals surface area contributed by atoms with Crippen molar-refractivity contribution in [2.24, 2.45) is 5.92 Å². The van der Waals surface area contributed by atoms with Crippen LogP contribution in [0.5, 0.6) is 11.5 Å². The number of thiocarbonyl (C=S) groups is 1. The van der Waals surface area contributed by atoms with Crippen LogP contribution in [-0.4, -0.2) is 21.9 Å². The highest BCUT2D eigenvalue weighted by atomic mass is 32.2. The van der Waals surface area contributed by atoms with E-state index < -0.39 is 0 Å². The molecule has 0 saturated carbocycles. The molecule has 0 bridgehead atoms. The quantitative estimate of drug-likeness (QED) is 0.463. The zero-order valence-corrected chi connectivity index (χ0v) is 14.7. The van der Waals surface area contributed by atoms with E-state index in [1.54, 1.807) is 4.90 Å². The van der Waals surface area contributed by atoms with E-state index in [9.17, 15) is 4.79 Å². The van der Waals surface area contributed by atoms with E-state index in [4.69, 9.17) is 21.7 Å². The maximum atomic E-state index is 12.7. The number of rotatable bonds is 3. The van der Waals surface area contributed by atoms with E-state index in [2.05, 4.69) is 18.2 Å². The van der Waals surface area contributed by atoms with Crippen LogP contribution in [0.4, 0.5) is 0 Å². The molecule has 1 aromatic rings. The number of allylic oxidation sites excluding steroid dienone is 3. The predicted octanol–water partition coefficient (Wildman–Crippen LogP) is 4.02.